The van der Waals surface area contributed by atoms with Gasteiger partial charge in [0.15, 0.2) is 0 Å². The molecule has 1 aliphatic carbocycles. The molecule has 0 bridgehead atoms. The SMILES string of the molecule is Cc1cc(Br)cc(C)c1CC(Br)C(=O)C1CC1. The smallest absolute Gasteiger partial charge is 0.149 e. The maximum Gasteiger partial charge on any atom is 0.149 e. The summed E-state index contributed by atoms with van der Waals surface area (Å²) >= 11 is 7.04. The molecule has 0 radical (unpaired) electrons. The van der Waals surface area contributed by atoms with Crippen LogP contribution in [0.5, 0.6) is 0 Å². The van der Waals surface area contributed by atoms with Crippen molar-refractivity contribution in [1.82, 2.24) is 0 Å². The maximum absolute atomic E-state index is 11.9. The van der Waals surface area contributed by atoms with Gasteiger partial charge in [-0.1, -0.05) is 31.9 Å². The molecule has 1 fully saturated rings. The van der Waals surface area contributed by atoms with E-state index in [-0.39, 0.29) is 4.83 Å². The molecule has 1 saturated carbocycles. The van der Waals surface area contributed by atoms with Crippen LogP contribution in [0.4, 0.5) is 0 Å². The van der Waals surface area contributed by atoms with Crippen LogP contribution in [0, 0.1) is 19.8 Å². The third kappa shape index (κ3) is 3.19. The van der Waals surface area contributed by atoms with E-state index in [9.17, 15) is 4.79 Å². The standard InChI is InChI=1S/C14H16Br2O/c1-8-5-11(15)6-9(2)12(8)7-13(16)14(17)10-3-4-10/h5-6,10,13H,3-4,7H2,1-2H3. The fourth-order valence-electron chi connectivity index (χ4n) is 2.17. The van der Waals surface area contributed by atoms with Crippen LogP contribution < -0.4 is 0 Å². The number of hydrogen-bond acceptors (Lipinski definition) is 1. The molecule has 0 N–H and O–H groups in total. The second-order valence-corrected chi connectivity index (χ2v) is 6.89. The van der Waals surface area contributed by atoms with E-state index in [0.29, 0.717) is 11.7 Å². The Bertz CT molecular complexity index is 427. The number of benzene rings is 1. The lowest BCUT2D eigenvalue weighted by atomic mass is 9.97. The zero-order valence-electron chi connectivity index (χ0n) is 10.1. The molecule has 1 nitrogen and oxygen atoms in total. The van der Waals surface area contributed by atoms with Gasteiger partial charge in [0, 0.05) is 10.4 Å². The predicted octanol–water partition coefficient (Wildman–Crippen LogP) is 4.35. The average molecular weight is 360 g/mol. The van der Waals surface area contributed by atoms with Crippen LogP contribution in [0.25, 0.3) is 0 Å². The maximum atomic E-state index is 11.9. The van der Waals surface area contributed by atoms with Gasteiger partial charge < -0.3 is 0 Å². The molecule has 0 aliphatic heterocycles. The molecular weight excluding hydrogens is 344 g/mol. The molecule has 1 aromatic rings. The Balaban J connectivity index is 2.15. The Hall–Kier alpha value is -0.150. The Morgan fingerprint density at radius 2 is 1.88 bits per heavy atom. The highest BCUT2D eigenvalue weighted by Gasteiger charge is 2.33. The first-order chi connectivity index (χ1) is 7.99. The summed E-state index contributed by atoms with van der Waals surface area (Å²) in [6.07, 6.45) is 2.97. The Morgan fingerprint density at radius 3 is 2.35 bits per heavy atom. The summed E-state index contributed by atoms with van der Waals surface area (Å²) < 4.78 is 1.11. The first-order valence-corrected chi connectivity index (χ1v) is 7.63. The van der Waals surface area contributed by atoms with Gasteiger partial charge in [-0.05, 0) is 61.9 Å². The minimum absolute atomic E-state index is 0.0198. The quantitative estimate of drug-likeness (QED) is 0.730. The second kappa shape index (κ2) is 5.23. The number of ketones is 1. The van der Waals surface area contributed by atoms with Crippen LogP contribution in [-0.2, 0) is 11.2 Å². The molecule has 92 valence electrons. The summed E-state index contributed by atoms with van der Waals surface area (Å²) in [6, 6.07) is 4.23. The zero-order chi connectivity index (χ0) is 12.6. The van der Waals surface area contributed by atoms with Crippen molar-refractivity contribution in [2.45, 2.75) is 37.9 Å². The summed E-state index contributed by atoms with van der Waals surface area (Å²) in [5.74, 6) is 0.710. The van der Waals surface area contributed by atoms with Crippen molar-refractivity contribution in [1.29, 1.82) is 0 Å². The molecule has 2 rings (SSSR count). The van der Waals surface area contributed by atoms with Crippen molar-refractivity contribution in [3.05, 3.63) is 33.3 Å². The molecule has 0 amide bonds. The zero-order valence-corrected chi connectivity index (χ0v) is 13.3. The summed E-state index contributed by atoms with van der Waals surface area (Å²) in [4.78, 5) is 11.9. The van der Waals surface area contributed by atoms with Crippen LogP contribution in [0.3, 0.4) is 0 Å². The Morgan fingerprint density at radius 1 is 1.35 bits per heavy atom. The average Bonchev–Trinajstić information content (AvgIpc) is 3.05. The molecule has 3 heteroatoms. The van der Waals surface area contributed by atoms with Gasteiger partial charge in [-0.25, -0.2) is 0 Å². The van der Waals surface area contributed by atoms with Crippen molar-refractivity contribution < 1.29 is 4.79 Å². The summed E-state index contributed by atoms with van der Waals surface area (Å²) in [6.45, 7) is 4.21. The molecule has 1 aromatic carbocycles. The van der Waals surface area contributed by atoms with Gasteiger partial charge in [-0.15, -0.1) is 0 Å². The highest BCUT2D eigenvalue weighted by Crippen LogP contribution is 2.34. The molecule has 0 spiro atoms. The lowest BCUT2D eigenvalue weighted by molar-refractivity contribution is -0.119. The van der Waals surface area contributed by atoms with Crippen molar-refractivity contribution in [2.75, 3.05) is 0 Å². The number of hydrogen-bond donors (Lipinski definition) is 0. The Kier molecular flexibility index (Phi) is 4.09. The van der Waals surface area contributed by atoms with Gasteiger partial charge in [-0.3, -0.25) is 4.79 Å². The second-order valence-electron chi connectivity index (χ2n) is 4.87. The minimum Gasteiger partial charge on any atom is -0.298 e. The van der Waals surface area contributed by atoms with E-state index < -0.39 is 0 Å². The molecular formula is C14H16Br2O. The van der Waals surface area contributed by atoms with E-state index in [1.807, 2.05) is 0 Å². The van der Waals surface area contributed by atoms with Crippen molar-refractivity contribution in [3.63, 3.8) is 0 Å². The van der Waals surface area contributed by atoms with Gasteiger partial charge in [0.2, 0.25) is 0 Å². The summed E-state index contributed by atoms with van der Waals surface area (Å²) in [7, 11) is 0. The highest BCUT2D eigenvalue weighted by molar-refractivity contribution is 9.10. The number of rotatable bonds is 4. The molecule has 1 unspecified atom stereocenters. The third-order valence-corrected chi connectivity index (χ3v) is 4.57. The van der Waals surface area contributed by atoms with E-state index >= 15 is 0 Å². The van der Waals surface area contributed by atoms with Crippen LogP contribution in [0.15, 0.2) is 16.6 Å². The monoisotopic (exact) mass is 358 g/mol. The van der Waals surface area contributed by atoms with Gasteiger partial charge in [0.05, 0.1) is 4.83 Å². The van der Waals surface area contributed by atoms with Crippen molar-refractivity contribution in [2.24, 2.45) is 5.92 Å². The molecule has 0 heterocycles. The predicted molar refractivity (Wildman–Crippen MR) is 77.8 cm³/mol. The van der Waals surface area contributed by atoms with E-state index in [1.165, 1.54) is 16.7 Å². The van der Waals surface area contributed by atoms with Crippen molar-refractivity contribution >= 4 is 37.6 Å². The van der Waals surface area contributed by atoms with Crippen LogP contribution in [0.2, 0.25) is 0 Å². The molecule has 0 aromatic heterocycles. The molecule has 17 heavy (non-hydrogen) atoms. The normalized spacial score (nSPS) is 16.9. The largest absolute Gasteiger partial charge is 0.298 e. The molecule has 1 atom stereocenters. The first kappa shape index (κ1) is 13.3. The summed E-state index contributed by atoms with van der Waals surface area (Å²) in [5.41, 5.74) is 3.80. The van der Waals surface area contributed by atoms with Gasteiger partial charge in [0.1, 0.15) is 5.78 Å². The molecule has 1 aliphatic rings. The Labute approximate surface area is 119 Å². The van der Waals surface area contributed by atoms with Crippen LogP contribution >= 0.6 is 31.9 Å². The van der Waals surface area contributed by atoms with E-state index in [1.54, 1.807) is 0 Å². The highest BCUT2D eigenvalue weighted by atomic mass is 79.9. The lowest BCUT2D eigenvalue weighted by Gasteiger charge is -2.14. The fourth-order valence-corrected chi connectivity index (χ4v) is 3.55. The number of halogens is 2. The first-order valence-electron chi connectivity index (χ1n) is 5.92. The minimum atomic E-state index is -0.0198. The number of aryl methyl sites for hydroxylation is 2. The number of carbonyl (C=O) groups is 1. The van der Waals surface area contributed by atoms with Crippen LogP contribution in [0.1, 0.15) is 29.5 Å². The van der Waals surface area contributed by atoms with E-state index in [2.05, 4.69) is 57.8 Å². The molecule has 0 saturated heterocycles. The van der Waals surface area contributed by atoms with E-state index in [4.69, 9.17) is 0 Å². The number of Topliss-reactive ketones (excluding diaryl/α,β-unsaturated/α-hetero) is 1. The topological polar surface area (TPSA) is 17.1 Å². The van der Waals surface area contributed by atoms with Gasteiger partial charge in [0.25, 0.3) is 0 Å². The number of alkyl halides is 1. The van der Waals surface area contributed by atoms with Crippen molar-refractivity contribution in [3.8, 4) is 0 Å². The lowest BCUT2D eigenvalue weighted by Crippen LogP contribution is -2.19. The van der Waals surface area contributed by atoms with Crippen LogP contribution in [-0.4, -0.2) is 10.6 Å². The van der Waals surface area contributed by atoms with E-state index in [0.717, 1.165) is 23.7 Å². The fraction of sp³-hybridized carbons (Fsp3) is 0.500. The van der Waals surface area contributed by atoms with Gasteiger partial charge >= 0.3 is 0 Å². The van der Waals surface area contributed by atoms with Gasteiger partial charge in [-0.2, -0.15) is 0 Å². The summed E-state index contributed by atoms with van der Waals surface area (Å²) in [5, 5.41) is 0. The third-order valence-electron chi connectivity index (χ3n) is 3.33. The number of carbonyl (C=O) groups excluding carboxylic acids is 1.